The van der Waals surface area contributed by atoms with Gasteiger partial charge in [0.05, 0.1) is 25.1 Å². The summed E-state index contributed by atoms with van der Waals surface area (Å²) in [4.78, 5) is 16.1. The summed E-state index contributed by atoms with van der Waals surface area (Å²) in [7, 11) is -2.22. The molecule has 1 rings (SSSR count). The first-order valence-electron chi connectivity index (χ1n) is 6.85. The van der Waals surface area contributed by atoms with Gasteiger partial charge in [0.25, 0.3) is 0 Å². The Morgan fingerprint density at radius 2 is 1.86 bits per heavy atom. The predicted octanol–water partition coefficient (Wildman–Crippen LogP) is 1.49. The normalized spacial score (nSPS) is 18.4. The van der Waals surface area contributed by atoms with Crippen LogP contribution >= 0.6 is 12.0 Å². The molecule has 8 nitrogen and oxygen atoms in total. The summed E-state index contributed by atoms with van der Waals surface area (Å²) in [6.07, 6.45) is 0.905. The number of piperidine rings is 1. The molecule has 0 aromatic rings. The molecule has 0 saturated carbocycles. The molecule has 22 heavy (non-hydrogen) atoms. The number of sulfonamides is 1. The maximum Gasteiger partial charge on any atom is 0.309 e. The first-order chi connectivity index (χ1) is 10.2. The summed E-state index contributed by atoms with van der Waals surface area (Å²) >= 11 is 0.625. The third-order valence-electron chi connectivity index (χ3n) is 2.93. The van der Waals surface area contributed by atoms with Gasteiger partial charge >= 0.3 is 5.97 Å². The van der Waals surface area contributed by atoms with Gasteiger partial charge in [0.1, 0.15) is 10.7 Å². The summed E-state index contributed by atoms with van der Waals surface area (Å²) in [5.74, 6) is -0.526. The van der Waals surface area contributed by atoms with Crippen LogP contribution in [0.3, 0.4) is 0 Å². The van der Waals surface area contributed by atoms with E-state index in [-0.39, 0.29) is 30.1 Å². The molecule has 0 aromatic heterocycles. The highest BCUT2D eigenvalue weighted by atomic mass is 32.3. The molecule has 0 spiro atoms. The molecule has 1 saturated heterocycles. The van der Waals surface area contributed by atoms with E-state index < -0.39 is 15.6 Å². The van der Waals surface area contributed by atoms with E-state index in [2.05, 4.69) is 14.3 Å². The highest BCUT2D eigenvalue weighted by Crippen LogP contribution is 2.24. The van der Waals surface area contributed by atoms with Crippen LogP contribution in [0.15, 0.2) is 0 Å². The lowest BCUT2D eigenvalue weighted by Crippen LogP contribution is -2.42. The maximum absolute atomic E-state index is 12.1. The van der Waals surface area contributed by atoms with E-state index in [1.54, 1.807) is 0 Å². The van der Waals surface area contributed by atoms with E-state index >= 15 is 0 Å². The van der Waals surface area contributed by atoms with Crippen molar-refractivity contribution in [3.05, 3.63) is 0 Å². The first-order valence-corrected chi connectivity index (χ1v) is 9.37. The zero-order valence-electron chi connectivity index (χ0n) is 13.2. The molecule has 0 aliphatic carbocycles. The first kappa shape index (κ1) is 19.7. The second kappa shape index (κ2) is 8.46. The van der Waals surface area contributed by atoms with Gasteiger partial charge in [0, 0.05) is 13.1 Å². The van der Waals surface area contributed by atoms with E-state index in [4.69, 9.17) is 4.74 Å². The van der Waals surface area contributed by atoms with Gasteiger partial charge in [0.15, 0.2) is 0 Å². The number of hydrogen-bond donors (Lipinski definition) is 0. The summed E-state index contributed by atoms with van der Waals surface area (Å²) in [5.41, 5.74) is -0.532. The largest absolute Gasteiger partial charge is 0.460 e. The molecule has 0 radical (unpaired) electrons. The minimum absolute atomic E-state index is 0.258. The van der Waals surface area contributed by atoms with E-state index in [1.807, 2.05) is 20.8 Å². The lowest BCUT2D eigenvalue weighted by atomic mass is 9.98. The number of carbonyl (C=O) groups excluding carboxylic acids is 1. The Labute approximate surface area is 135 Å². The third-order valence-corrected chi connectivity index (χ3v) is 5.81. The highest BCUT2D eigenvalue weighted by molar-refractivity contribution is 8.08. The molecule has 0 unspecified atom stereocenters. The van der Waals surface area contributed by atoms with Crippen LogP contribution in [0.25, 0.3) is 0 Å². The molecular weight excluding hydrogens is 334 g/mol. The van der Waals surface area contributed by atoms with Crippen molar-refractivity contribution in [2.24, 2.45) is 5.92 Å². The maximum atomic E-state index is 12.1. The molecule has 0 amide bonds. The van der Waals surface area contributed by atoms with Crippen molar-refractivity contribution in [3.63, 3.8) is 0 Å². The number of hydrogen-bond acceptors (Lipinski definition) is 8. The topological polar surface area (TPSA) is 91.4 Å². The van der Waals surface area contributed by atoms with Crippen molar-refractivity contribution in [3.8, 4) is 0 Å². The van der Waals surface area contributed by atoms with E-state index in [0.717, 1.165) is 0 Å². The van der Waals surface area contributed by atoms with Crippen LogP contribution in [-0.2, 0) is 33.8 Å². The lowest BCUT2D eigenvalue weighted by molar-refractivity contribution is -0.447. The van der Waals surface area contributed by atoms with E-state index in [9.17, 15) is 13.2 Å². The molecule has 0 atom stereocenters. The van der Waals surface area contributed by atoms with Crippen molar-refractivity contribution >= 4 is 28.0 Å². The number of esters is 1. The number of carbonyl (C=O) groups is 1. The molecule has 0 bridgehead atoms. The molecule has 0 N–H and O–H groups in total. The van der Waals surface area contributed by atoms with Crippen molar-refractivity contribution < 1.29 is 32.2 Å². The fourth-order valence-electron chi connectivity index (χ4n) is 1.96. The Morgan fingerprint density at radius 3 is 2.36 bits per heavy atom. The van der Waals surface area contributed by atoms with Gasteiger partial charge in [-0.3, -0.25) is 4.79 Å². The second-order valence-corrected chi connectivity index (χ2v) is 8.85. The van der Waals surface area contributed by atoms with Crippen LogP contribution in [0.5, 0.6) is 0 Å². The van der Waals surface area contributed by atoms with Gasteiger partial charge < -0.3 is 4.74 Å². The summed E-state index contributed by atoms with van der Waals surface area (Å²) in [6, 6.07) is 0. The smallest absolute Gasteiger partial charge is 0.309 e. The SMILES string of the molecule is COOOSCS(=O)(=O)N1CCC(C(=O)OC(C)(C)C)CC1. The molecule has 1 aliphatic heterocycles. The number of rotatable bonds is 7. The van der Waals surface area contributed by atoms with Crippen LogP contribution in [0, 0.1) is 5.92 Å². The van der Waals surface area contributed by atoms with Crippen molar-refractivity contribution in [2.75, 3.05) is 25.3 Å². The van der Waals surface area contributed by atoms with Gasteiger partial charge in [-0.2, -0.15) is 0 Å². The fourth-order valence-corrected chi connectivity index (χ4v) is 4.06. The molecule has 0 aromatic carbocycles. The van der Waals surface area contributed by atoms with Gasteiger partial charge in [0.2, 0.25) is 10.0 Å². The fraction of sp³-hybridized carbons (Fsp3) is 0.917. The average molecular weight is 357 g/mol. The van der Waals surface area contributed by atoms with Gasteiger partial charge in [-0.1, -0.05) is 5.04 Å². The molecule has 1 aliphatic rings. The van der Waals surface area contributed by atoms with Crippen LogP contribution < -0.4 is 0 Å². The summed E-state index contributed by atoms with van der Waals surface area (Å²) in [5, 5.41) is 3.85. The standard InChI is InChI=1S/C12H23NO7S2/c1-12(2,3)18-11(14)10-5-7-13(8-6-10)22(15,16)9-21-20-19-17-4/h10H,5-9H2,1-4H3. The predicted molar refractivity (Wildman–Crippen MR) is 80.7 cm³/mol. The highest BCUT2D eigenvalue weighted by Gasteiger charge is 2.33. The molecular formula is C12H23NO7S2. The Morgan fingerprint density at radius 1 is 1.27 bits per heavy atom. The van der Waals surface area contributed by atoms with Crippen LogP contribution in [-0.4, -0.2) is 49.6 Å². The van der Waals surface area contributed by atoms with Crippen molar-refractivity contribution in [2.45, 2.75) is 39.2 Å². The average Bonchev–Trinajstić information content (AvgIpc) is 2.42. The molecule has 1 fully saturated rings. The minimum Gasteiger partial charge on any atom is -0.460 e. The second-order valence-electron chi connectivity index (χ2n) is 5.86. The van der Waals surface area contributed by atoms with Crippen molar-refractivity contribution in [1.82, 2.24) is 4.31 Å². The van der Waals surface area contributed by atoms with Gasteiger partial charge in [-0.25, -0.2) is 17.6 Å². The molecule has 130 valence electrons. The van der Waals surface area contributed by atoms with Crippen LogP contribution in [0.2, 0.25) is 0 Å². The summed E-state index contributed by atoms with van der Waals surface area (Å²) in [6.45, 7) is 6.01. The molecule has 1 heterocycles. The Kier molecular flexibility index (Phi) is 7.56. The van der Waals surface area contributed by atoms with Gasteiger partial charge in [-0.05, 0) is 33.6 Å². The Balaban J connectivity index is 2.42. The lowest BCUT2D eigenvalue weighted by Gasteiger charge is -2.31. The Bertz CT molecular complexity index is 453. The zero-order valence-corrected chi connectivity index (χ0v) is 14.9. The number of nitrogens with zero attached hydrogens (tertiary/aromatic N) is 1. The Hall–Kier alpha value is -0.390. The minimum atomic E-state index is -3.46. The quantitative estimate of drug-likeness (QED) is 0.222. The number of ether oxygens (including phenoxy) is 1. The van der Waals surface area contributed by atoms with Crippen molar-refractivity contribution in [1.29, 1.82) is 0 Å². The zero-order chi connectivity index (χ0) is 16.8. The van der Waals surface area contributed by atoms with Crippen LogP contribution in [0.1, 0.15) is 33.6 Å². The van der Waals surface area contributed by atoms with Gasteiger partial charge in [-0.15, -0.1) is 4.33 Å². The van der Waals surface area contributed by atoms with E-state index in [1.165, 1.54) is 11.4 Å². The summed E-state index contributed by atoms with van der Waals surface area (Å²) < 4.78 is 35.2. The monoisotopic (exact) mass is 357 g/mol. The van der Waals surface area contributed by atoms with Crippen LogP contribution in [0.4, 0.5) is 0 Å². The third kappa shape index (κ3) is 6.80. The van der Waals surface area contributed by atoms with E-state index in [0.29, 0.717) is 24.9 Å². The molecule has 10 heteroatoms.